The van der Waals surface area contributed by atoms with Crippen LogP contribution < -0.4 is 10.0 Å². The van der Waals surface area contributed by atoms with Gasteiger partial charge in [-0.2, -0.15) is 0 Å². The number of rotatable bonds is 8. The summed E-state index contributed by atoms with van der Waals surface area (Å²) in [5, 5.41) is 4.08. The number of anilines is 2. The number of amides is 1. The van der Waals surface area contributed by atoms with Gasteiger partial charge in [0, 0.05) is 36.8 Å². The molecule has 0 aliphatic carbocycles. The molecule has 0 bridgehead atoms. The Kier molecular flexibility index (Phi) is 9.78. The van der Waals surface area contributed by atoms with Gasteiger partial charge in [-0.25, -0.2) is 41.3 Å². The van der Waals surface area contributed by atoms with Crippen molar-refractivity contribution in [2.24, 2.45) is 0 Å². The highest BCUT2D eigenvalue weighted by Crippen LogP contribution is 2.40. The second-order valence-electron chi connectivity index (χ2n) is 12.4. The lowest BCUT2D eigenvalue weighted by molar-refractivity contribution is 0.0206. The van der Waals surface area contributed by atoms with Gasteiger partial charge in [0.25, 0.3) is 10.0 Å². The van der Waals surface area contributed by atoms with Crippen molar-refractivity contribution in [2.45, 2.75) is 69.9 Å². The Morgan fingerprint density at radius 1 is 1.06 bits per heavy atom. The number of hydrogen-bond donors (Lipinski definition) is 2. The number of thiazole rings is 1. The molecule has 47 heavy (non-hydrogen) atoms. The predicted molar refractivity (Wildman–Crippen MR) is 174 cm³/mol. The lowest BCUT2D eigenvalue weighted by atomic mass is 10.1. The van der Waals surface area contributed by atoms with Crippen LogP contribution in [0.3, 0.4) is 0 Å². The molecule has 15 heteroatoms. The van der Waals surface area contributed by atoms with Crippen molar-refractivity contribution in [3.63, 3.8) is 0 Å². The van der Waals surface area contributed by atoms with E-state index in [-0.39, 0.29) is 18.1 Å². The van der Waals surface area contributed by atoms with Gasteiger partial charge in [-0.1, -0.05) is 13.8 Å². The molecule has 1 aliphatic heterocycles. The largest absolute Gasteiger partial charge is 0.444 e. The Balaban J connectivity index is 1.44. The van der Waals surface area contributed by atoms with E-state index in [4.69, 9.17) is 14.7 Å². The van der Waals surface area contributed by atoms with Gasteiger partial charge in [0.15, 0.2) is 0 Å². The van der Waals surface area contributed by atoms with Crippen LogP contribution in [0.1, 0.15) is 58.4 Å². The maximum absolute atomic E-state index is 14.9. The van der Waals surface area contributed by atoms with Crippen molar-refractivity contribution in [1.82, 2.24) is 19.9 Å². The number of carbonyl (C=O) groups is 1. The molecule has 5 rings (SSSR count). The molecule has 10 nitrogen and oxygen atoms in total. The highest BCUT2D eigenvalue weighted by Gasteiger charge is 2.29. The number of aromatic nitrogens is 3. The number of hydrogen-bond acceptors (Lipinski definition) is 9. The van der Waals surface area contributed by atoms with Crippen LogP contribution in [0.5, 0.6) is 0 Å². The van der Waals surface area contributed by atoms with Gasteiger partial charge in [-0.3, -0.25) is 4.72 Å². The first-order valence-corrected chi connectivity index (χ1v) is 17.3. The number of sulfonamides is 1. The van der Waals surface area contributed by atoms with Gasteiger partial charge in [-0.05, 0) is 76.1 Å². The van der Waals surface area contributed by atoms with Crippen molar-refractivity contribution < 1.29 is 31.1 Å². The molecule has 1 fully saturated rings. The van der Waals surface area contributed by atoms with E-state index < -0.39 is 43.7 Å². The van der Waals surface area contributed by atoms with Gasteiger partial charge >= 0.3 is 6.09 Å². The molecule has 1 amide bonds. The van der Waals surface area contributed by atoms with E-state index in [0.29, 0.717) is 53.0 Å². The number of benzene rings is 2. The third-order valence-electron chi connectivity index (χ3n) is 7.10. The third kappa shape index (κ3) is 8.19. The summed E-state index contributed by atoms with van der Waals surface area (Å²) in [5.74, 6) is -2.69. The Hall–Kier alpha value is -4.24. The number of likely N-dealkylation sites (tertiary alicyclic amines) is 1. The Morgan fingerprint density at radius 3 is 2.53 bits per heavy atom. The zero-order valence-corrected chi connectivity index (χ0v) is 28.1. The van der Waals surface area contributed by atoms with E-state index in [1.807, 2.05) is 39.3 Å². The van der Waals surface area contributed by atoms with Gasteiger partial charge in [0.05, 0.1) is 27.0 Å². The summed E-state index contributed by atoms with van der Waals surface area (Å²) in [6.45, 7) is 10.4. The topological polar surface area (TPSA) is 126 Å². The quantitative estimate of drug-likeness (QED) is 0.196. The number of nitrogens with one attached hydrogen (secondary N) is 2. The van der Waals surface area contributed by atoms with Gasteiger partial charge < -0.3 is 15.0 Å². The molecule has 2 N–H and O–H groups in total. The molecule has 4 aromatic rings. The van der Waals surface area contributed by atoms with Gasteiger partial charge in [-0.15, -0.1) is 11.3 Å². The maximum Gasteiger partial charge on any atom is 0.410 e. The van der Waals surface area contributed by atoms with E-state index in [2.05, 4.69) is 10.3 Å². The fraction of sp³-hybridized carbons (Fsp3) is 0.375. The maximum atomic E-state index is 14.9. The minimum atomic E-state index is -4.68. The molecule has 0 saturated carbocycles. The van der Waals surface area contributed by atoms with Crippen LogP contribution in [-0.2, 0) is 14.8 Å². The summed E-state index contributed by atoms with van der Waals surface area (Å²) in [4.78, 5) is 27.9. The normalized spacial score (nSPS) is 15.5. The van der Waals surface area contributed by atoms with Crippen LogP contribution in [0.2, 0.25) is 0 Å². The highest BCUT2D eigenvalue weighted by molar-refractivity contribution is 7.92. The lowest BCUT2D eigenvalue weighted by Crippen LogP contribution is -2.47. The van der Waals surface area contributed by atoms with Crippen molar-refractivity contribution in [1.29, 1.82) is 0 Å². The average Bonchev–Trinajstić information content (AvgIpc) is 3.45. The summed E-state index contributed by atoms with van der Waals surface area (Å²) < 4.78 is 76.4. The van der Waals surface area contributed by atoms with Crippen molar-refractivity contribution in [2.75, 3.05) is 23.1 Å². The number of carbonyl (C=O) groups excluding carboxylic acids is 1. The van der Waals surface area contributed by atoms with Crippen molar-refractivity contribution in [3.8, 4) is 21.8 Å². The smallest absolute Gasteiger partial charge is 0.410 e. The van der Waals surface area contributed by atoms with Gasteiger partial charge in [0.2, 0.25) is 5.95 Å². The summed E-state index contributed by atoms with van der Waals surface area (Å²) in [6.07, 6.45) is 2.78. The second kappa shape index (κ2) is 13.5. The molecule has 0 radical (unpaired) electrons. The molecule has 2 aromatic heterocycles. The average molecular weight is 689 g/mol. The first-order chi connectivity index (χ1) is 22.1. The van der Waals surface area contributed by atoms with Crippen LogP contribution in [0.15, 0.2) is 53.6 Å². The highest BCUT2D eigenvalue weighted by atomic mass is 32.2. The zero-order chi connectivity index (χ0) is 34.1. The van der Waals surface area contributed by atoms with Crippen molar-refractivity contribution >= 4 is 39.1 Å². The SMILES string of the molecule is CC(C)c1nc(-c2ccc(F)c(NS(=O)(=O)c3cc(F)ccc3F)c2)c(-c2ccnc(N[C@H]3CCCN(C(=O)OC(C)(C)C)C3)n2)s1. The summed E-state index contributed by atoms with van der Waals surface area (Å²) in [7, 11) is -4.68. The number of halogens is 3. The third-order valence-corrected chi connectivity index (χ3v) is 9.86. The molecular weight excluding hydrogens is 654 g/mol. The lowest BCUT2D eigenvalue weighted by Gasteiger charge is -2.34. The van der Waals surface area contributed by atoms with E-state index in [1.54, 1.807) is 17.2 Å². The predicted octanol–water partition coefficient (Wildman–Crippen LogP) is 7.42. The molecule has 250 valence electrons. The summed E-state index contributed by atoms with van der Waals surface area (Å²) in [6, 6.07) is 7.35. The standard InChI is InChI=1S/C32H35F3N6O4S2/c1-18(2)29-39-27(19-8-10-22(34)25(15-19)40-47(43,44)26-16-20(33)9-11-23(26)35)28(46-29)24-12-13-36-30(38-24)37-21-7-6-14-41(17-21)31(42)45-32(3,4)5/h8-13,15-16,18,21,40H,6-7,14,17H2,1-5H3,(H,36,37,38)/t21-/m0/s1. The minimum Gasteiger partial charge on any atom is -0.444 e. The van der Waals surface area contributed by atoms with Crippen molar-refractivity contribution in [3.05, 3.63) is 71.1 Å². The Morgan fingerprint density at radius 2 is 1.81 bits per heavy atom. The van der Waals surface area contributed by atoms with Gasteiger partial charge in [0.1, 0.15) is 27.9 Å². The zero-order valence-electron chi connectivity index (χ0n) is 26.5. The fourth-order valence-corrected chi connectivity index (χ4v) is 7.12. The molecular formula is C32H35F3N6O4S2. The van der Waals surface area contributed by atoms with Crippen LogP contribution in [0.4, 0.5) is 29.6 Å². The first kappa shape index (κ1) is 34.1. The molecule has 1 saturated heterocycles. The number of nitrogens with zero attached hydrogens (tertiary/aromatic N) is 4. The van der Waals surface area contributed by atoms with Crippen LogP contribution in [-0.4, -0.2) is 59.1 Å². The van der Waals surface area contributed by atoms with Crippen LogP contribution in [0, 0.1) is 17.5 Å². The molecule has 0 spiro atoms. The van der Waals surface area contributed by atoms with E-state index in [1.165, 1.54) is 23.5 Å². The Bertz CT molecular complexity index is 1900. The van der Waals surface area contributed by atoms with E-state index in [0.717, 1.165) is 30.0 Å². The molecule has 1 aliphatic rings. The summed E-state index contributed by atoms with van der Waals surface area (Å²) >= 11 is 1.38. The molecule has 2 aromatic carbocycles. The van der Waals surface area contributed by atoms with Crippen LogP contribution >= 0.6 is 11.3 Å². The number of ether oxygens (including phenoxy) is 1. The van der Waals surface area contributed by atoms with E-state index in [9.17, 15) is 26.4 Å². The number of piperidine rings is 1. The monoisotopic (exact) mass is 688 g/mol. The molecule has 1 atom stereocenters. The van der Waals surface area contributed by atoms with E-state index >= 15 is 0 Å². The Labute approximate surface area is 275 Å². The second-order valence-corrected chi connectivity index (χ2v) is 15.1. The summed E-state index contributed by atoms with van der Waals surface area (Å²) in [5.41, 5.74) is 0.248. The molecule has 0 unspecified atom stereocenters. The fourth-order valence-electron chi connectivity index (χ4n) is 4.91. The first-order valence-electron chi connectivity index (χ1n) is 15.0. The molecule has 3 heterocycles. The van der Waals surface area contributed by atoms with Crippen LogP contribution in [0.25, 0.3) is 21.8 Å². The minimum absolute atomic E-state index is 0.0300.